The Kier molecular flexibility index (Phi) is 6.03. The first-order valence-corrected chi connectivity index (χ1v) is 11.0. The average Bonchev–Trinajstić information content (AvgIpc) is 2.97. The van der Waals surface area contributed by atoms with E-state index in [4.69, 9.17) is 4.74 Å². The van der Waals surface area contributed by atoms with Gasteiger partial charge in [0.05, 0.1) is 18.6 Å². The summed E-state index contributed by atoms with van der Waals surface area (Å²) >= 11 is 1.83. The predicted octanol–water partition coefficient (Wildman–Crippen LogP) is 4.33. The molecule has 1 aromatic rings. The summed E-state index contributed by atoms with van der Waals surface area (Å²) in [6.07, 6.45) is 3.81. The van der Waals surface area contributed by atoms with Gasteiger partial charge in [0.25, 0.3) is 0 Å². The molecule has 2 aliphatic rings. The summed E-state index contributed by atoms with van der Waals surface area (Å²) in [5.74, 6) is 2.10. The van der Waals surface area contributed by atoms with E-state index < -0.39 is 0 Å². The number of rotatable bonds is 8. The fourth-order valence-corrected chi connectivity index (χ4v) is 6.86. The molecular formula is C22H32O3S. The highest BCUT2D eigenvalue weighted by Crippen LogP contribution is 2.66. The van der Waals surface area contributed by atoms with Crippen LogP contribution >= 0.6 is 11.8 Å². The number of aliphatic hydroxyl groups excluding tert-OH is 1. The zero-order chi connectivity index (χ0) is 18.8. The molecule has 0 heterocycles. The van der Waals surface area contributed by atoms with Crippen LogP contribution in [-0.4, -0.2) is 35.3 Å². The number of hydrogen-bond donors (Lipinski definition) is 1. The van der Waals surface area contributed by atoms with E-state index >= 15 is 0 Å². The molecule has 0 unspecified atom stereocenters. The summed E-state index contributed by atoms with van der Waals surface area (Å²) in [6, 6.07) is 10.2. The molecule has 0 spiro atoms. The van der Waals surface area contributed by atoms with Gasteiger partial charge >= 0.3 is 5.97 Å². The molecular weight excluding hydrogens is 344 g/mol. The van der Waals surface area contributed by atoms with Crippen LogP contribution < -0.4 is 0 Å². The highest BCUT2D eigenvalue weighted by Gasteiger charge is 2.63. The van der Waals surface area contributed by atoms with E-state index in [1.807, 2.05) is 36.9 Å². The molecule has 0 radical (unpaired) electrons. The molecule has 3 rings (SSSR count). The minimum absolute atomic E-state index is 0.00823. The van der Waals surface area contributed by atoms with Gasteiger partial charge in [-0.2, -0.15) is 11.8 Å². The van der Waals surface area contributed by atoms with Gasteiger partial charge in [-0.3, -0.25) is 4.79 Å². The van der Waals surface area contributed by atoms with Gasteiger partial charge in [0.1, 0.15) is 0 Å². The highest BCUT2D eigenvalue weighted by molar-refractivity contribution is 7.99. The number of hydrogen-bond acceptors (Lipinski definition) is 4. The molecule has 4 heteroatoms. The molecule has 3 nitrogen and oxygen atoms in total. The van der Waals surface area contributed by atoms with Crippen LogP contribution in [0.25, 0.3) is 0 Å². The Morgan fingerprint density at radius 1 is 1.35 bits per heavy atom. The third-order valence-electron chi connectivity index (χ3n) is 7.01. The SMILES string of the molecule is CCOC(=O)[C@H](CSC[C@]12CC[C@H](C[C@H]1O)C2(C)C)Cc1ccccc1. The lowest BCUT2D eigenvalue weighted by atomic mass is 9.70. The zero-order valence-electron chi connectivity index (χ0n) is 16.2. The van der Waals surface area contributed by atoms with Crippen molar-refractivity contribution in [2.45, 2.75) is 52.6 Å². The minimum atomic E-state index is -0.195. The van der Waals surface area contributed by atoms with Gasteiger partial charge in [0.15, 0.2) is 0 Å². The van der Waals surface area contributed by atoms with Crippen LogP contribution in [0.3, 0.4) is 0 Å². The Hall–Kier alpha value is -1.00. The van der Waals surface area contributed by atoms with E-state index in [0.29, 0.717) is 18.9 Å². The van der Waals surface area contributed by atoms with Gasteiger partial charge in [-0.25, -0.2) is 0 Å². The van der Waals surface area contributed by atoms with Crippen LogP contribution in [0.4, 0.5) is 0 Å². The number of fused-ring (bicyclic) bond motifs is 2. The Balaban J connectivity index is 1.63. The van der Waals surface area contributed by atoms with Crippen LogP contribution in [0, 0.1) is 22.7 Å². The standard InChI is InChI=1S/C22H32O3S/c1-4-25-20(24)17(12-16-8-6-5-7-9-16)14-26-15-22-11-10-18(13-19(22)23)21(22,2)3/h5-9,17-19,23H,4,10-15H2,1-3H3/t17-,18+,19+,22+/m0/s1. The molecule has 2 fully saturated rings. The first-order valence-electron chi connectivity index (χ1n) is 9.87. The molecule has 2 aliphatic carbocycles. The van der Waals surface area contributed by atoms with Crippen molar-refractivity contribution in [1.82, 2.24) is 0 Å². The maximum atomic E-state index is 12.4. The topological polar surface area (TPSA) is 46.5 Å². The largest absolute Gasteiger partial charge is 0.466 e. The fourth-order valence-electron chi connectivity index (χ4n) is 5.13. The fraction of sp³-hybridized carbons (Fsp3) is 0.682. The van der Waals surface area contributed by atoms with Gasteiger partial charge in [-0.15, -0.1) is 0 Å². The van der Waals surface area contributed by atoms with Crippen molar-refractivity contribution in [2.24, 2.45) is 22.7 Å². The summed E-state index contributed by atoms with van der Waals surface area (Å²) in [5, 5.41) is 10.7. The molecule has 1 aromatic carbocycles. The molecule has 1 N–H and O–H groups in total. The monoisotopic (exact) mass is 376 g/mol. The number of ether oxygens (including phenoxy) is 1. The van der Waals surface area contributed by atoms with Crippen LogP contribution in [0.2, 0.25) is 0 Å². The third-order valence-corrected chi connectivity index (χ3v) is 8.37. The number of aliphatic hydroxyl groups is 1. The summed E-state index contributed by atoms with van der Waals surface area (Å²) in [5.41, 5.74) is 1.37. The van der Waals surface area contributed by atoms with Crippen LogP contribution in [-0.2, 0) is 16.0 Å². The second-order valence-electron chi connectivity index (χ2n) is 8.52. The predicted molar refractivity (Wildman–Crippen MR) is 107 cm³/mol. The van der Waals surface area contributed by atoms with Gasteiger partial charge in [-0.1, -0.05) is 44.2 Å². The third kappa shape index (κ3) is 3.55. The van der Waals surface area contributed by atoms with E-state index in [0.717, 1.165) is 24.3 Å². The number of benzene rings is 1. The quantitative estimate of drug-likeness (QED) is 0.686. The van der Waals surface area contributed by atoms with Crippen molar-refractivity contribution in [3.05, 3.63) is 35.9 Å². The van der Waals surface area contributed by atoms with E-state index in [-0.39, 0.29) is 28.8 Å². The molecule has 0 amide bonds. The van der Waals surface area contributed by atoms with E-state index in [1.54, 1.807) is 0 Å². The van der Waals surface area contributed by atoms with E-state index in [1.165, 1.54) is 12.0 Å². The summed E-state index contributed by atoms with van der Waals surface area (Å²) in [7, 11) is 0. The maximum Gasteiger partial charge on any atom is 0.310 e. The van der Waals surface area contributed by atoms with E-state index in [2.05, 4.69) is 26.0 Å². The normalized spacial score (nSPS) is 30.3. The maximum absolute atomic E-state index is 12.4. The van der Waals surface area contributed by atoms with Crippen molar-refractivity contribution < 1.29 is 14.6 Å². The number of esters is 1. The molecule has 144 valence electrons. The van der Waals surface area contributed by atoms with Crippen LogP contribution in [0.1, 0.15) is 45.6 Å². The molecule has 4 atom stereocenters. The molecule has 0 aromatic heterocycles. The van der Waals surface area contributed by atoms with Crippen molar-refractivity contribution >= 4 is 17.7 Å². The van der Waals surface area contributed by atoms with E-state index in [9.17, 15) is 9.90 Å². The second kappa shape index (κ2) is 7.93. The Morgan fingerprint density at radius 2 is 2.08 bits per heavy atom. The van der Waals surface area contributed by atoms with Gasteiger partial charge in [-0.05, 0) is 49.5 Å². The van der Waals surface area contributed by atoms with Gasteiger partial charge in [0, 0.05) is 16.9 Å². The average molecular weight is 377 g/mol. The lowest BCUT2D eigenvalue weighted by Crippen LogP contribution is -2.41. The zero-order valence-corrected chi connectivity index (χ0v) is 17.1. The van der Waals surface area contributed by atoms with Crippen molar-refractivity contribution in [3.63, 3.8) is 0 Å². The number of carbonyl (C=O) groups is 1. The van der Waals surface area contributed by atoms with Crippen molar-refractivity contribution in [3.8, 4) is 0 Å². The molecule has 26 heavy (non-hydrogen) atoms. The Labute approximate surface area is 161 Å². The lowest BCUT2D eigenvalue weighted by molar-refractivity contribution is -0.147. The summed E-state index contributed by atoms with van der Waals surface area (Å²) in [4.78, 5) is 12.4. The Morgan fingerprint density at radius 3 is 2.65 bits per heavy atom. The molecule has 0 saturated heterocycles. The van der Waals surface area contributed by atoms with Gasteiger partial charge in [0.2, 0.25) is 0 Å². The Bertz CT molecular complexity index is 615. The molecule has 2 saturated carbocycles. The molecule has 0 aliphatic heterocycles. The minimum Gasteiger partial charge on any atom is -0.466 e. The smallest absolute Gasteiger partial charge is 0.310 e. The summed E-state index contributed by atoms with van der Waals surface area (Å²) in [6.45, 7) is 6.94. The first-order chi connectivity index (χ1) is 12.4. The second-order valence-corrected chi connectivity index (χ2v) is 9.55. The lowest BCUT2D eigenvalue weighted by Gasteiger charge is -2.40. The number of carbonyl (C=O) groups excluding carboxylic acids is 1. The van der Waals surface area contributed by atoms with Crippen molar-refractivity contribution in [1.29, 1.82) is 0 Å². The van der Waals surface area contributed by atoms with Crippen molar-refractivity contribution in [2.75, 3.05) is 18.1 Å². The van der Waals surface area contributed by atoms with Crippen LogP contribution in [0.5, 0.6) is 0 Å². The van der Waals surface area contributed by atoms with Crippen LogP contribution in [0.15, 0.2) is 30.3 Å². The molecule has 2 bridgehead atoms. The number of thioether (sulfide) groups is 1. The summed E-state index contributed by atoms with van der Waals surface area (Å²) < 4.78 is 5.32. The highest BCUT2D eigenvalue weighted by atomic mass is 32.2. The van der Waals surface area contributed by atoms with Gasteiger partial charge < -0.3 is 9.84 Å². The first kappa shape index (κ1) is 19.8.